The van der Waals surface area contributed by atoms with Gasteiger partial charge in [-0.1, -0.05) is 18.7 Å². The average Bonchev–Trinajstić information content (AvgIpc) is 2.93. The number of aryl methyl sites for hydroxylation is 1. The number of ether oxygens (including phenoxy) is 2. The zero-order chi connectivity index (χ0) is 16.4. The molecule has 0 saturated carbocycles. The van der Waals surface area contributed by atoms with Gasteiger partial charge >= 0.3 is 0 Å². The Morgan fingerprint density at radius 2 is 2.26 bits per heavy atom. The van der Waals surface area contributed by atoms with Crippen LogP contribution in [-0.4, -0.2) is 29.8 Å². The summed E-state index contributed by atoms with van der Waals surface area (Å²) >= 11 is 0. The summed E-state index contributed by atoms with van der Waals surface area (Å²) in [7, 11) is 1.60. The molecule has 1 atom stereocenters. The van der Waals surface area contributed by atoms with E-state index in [1.165, 1.54) is 0 Å². The lowest BCUT2D eigenvalue weighted by atomic mass is 9.85. The highest BCUT2D eigenvalue weighted by Gasteiger charge is 2.30. The number of benzene rings is 1. The molecule has 0 unspecified atom stereocenters. The molecular formula is C17H19N3O3. The minimum atomic E-state index is -0.0557. The van der Waals surface area contributed by atoms with E-state index in [0.29, 0.717) is 30.3 Å². The summed E-state index contributed by atoms with van der Waals surface area (Å²) in [4.78, 5) is 11.9. The van der Waals surface area contributed by atoms with E-state index in [9.17, 15) is 4.79 Å². The van der Waals surface area contributed by atoms with Crippen LogP contribution in [0.1, 0.15) is 29.2 Å². The molecule has 23 heavy (non-hydrogen) atoms. The van der Waals surface area contributed by atoms with Crippen molar-refractivity contribution in [3.05, 3.63) is 47.7 Å². The SMILES string of the molecule is C=CCOc1ccc([C@H]2CC(=O)Nc3n[nH]c(C)c32)cc1OC. The molecule has 1 aromatic heterocycles. The number of hydrogen-bond donors (Lipinski definition) is 2. The van der Waals surface area contributed by atoms with Crippen molar-refractivity contribution in [2.45, 2.75) is 19.3 Å². The number of carbonyl (C=O) groups excluding carboxylic acids is 1. The lowest BCUT2D eigenvalue weighted by molar-refractivity contribution is -0.116. The van der Waals surface area contributed by atoms with E-state index in [1.807, 2.05) is 25.1 Å². The fourth-order valence-electron chi connectivity index (χ4n) is 2.88. The summed E-state index contributed by atoms with van der Waals surface area (Å²) in [5.74, 6) is 1.80. The second-order valence-electron chi connectivity index (χ2n) is 5.43. The normalized spacial score (nSPS) is 16.4. The number of rotatable bonds is 5. The maximum Gasteiger partial charge on any atom is 0.226 e. The molecule has 2 aromatic rings. The van der Waals surface area contributed by atoms with Crippen LogP contribution in [0.15, 0.2) is 30.9 Å². The van der Waals surface area contributed by atoms with Gasteiger partial charge < -0.3 is 14.8 Å². The van der Waals surface area contributed by atoms with Crippen molar-refractivity contribution >= 4 is 11.7 Å². The van der Waals surface area contributed by atoms with E-state index in [0.717, 1.165) is 16.8 Å². The van der Waals surface area contributed by atoms with E-state index in [4.69, 9.17) is 9.47 Å². The molecule has 1 aliphatic rings. The van der Waals surface area contributed by atoms with Crippen LogP contribution in [-0.2, 0) is 4.79 Å². The van der Waals surface area contributed by atoms with Crippen molar-refractivity contribution in [3.8, 4) is 11.5 Å². The zero-order valence-corrected chi connectivity index (χ0v) is 13.2. The van der Waals surface area contributed by atoms with Crippen LogP contribution in [0.25, 0.3) is 0 Å². The van der Waals surface area contributed by atoms with E-state index in [2.05, 4.69) is 22.1 Å². The molecule has 0 aliphatic carbocycles. The molecule has 6 nitrogen and oxygen atoms in total. The molecule has 2 N–H and O–H groups in total. The number of aromatic amines is 1. The summed E-state index contributed by atoms with van der Waals surface area (Å²) in [6.07, 6.45) is 2.06. The number of fused-ring (bicyclic) bond motifs is 1. The maximum absolute atomic E-state index is 11.9. The molecular weight excluding hydrogens is 294 g/mol. The molecule has 2 heterocycles. The third kappa shape index (κ3) is 2.79. The van der Waals surface area contributed by atoms with Crippen LogP contribution >= 0.6 is 0 Å². The Labute approximate surface area is 134 Å². The summed E-state index contributed by atoms with van der Waals surface area (Å²) in [6.45, 7) is 6.00. The first-order valence-corrected chi connectivity index (χ1v) is 7.40. The topological polar surface area (TPSA) is 76.2 Å². The number of hydrogen-bond acceptors (Lipinski definition) is 4. The molecule has 1 amide bonds. The molecule has 6 heteroatoms. The average molecular weight is 313 g/mol. The number of methoxy groups -OCH3 is 1. The van der Waals surface area contributed by atoms with E-state index in [1.54, 1.807) is 13.2 Å². The molecule has 1 aromatic carbocycles. The monoisotopic (exact) mass is 313 g/mol. The molecule has 120 valence electrons. The number of carbonyl (C=O) groups is 1. The zero-order valence-electron chi connectivity index (χ0n) is 13.2. The van der Waals surface area contributed by atoms with Gasteiger partial charge in [-0.3, -0.25) is 9.89 Å². The van der Waals surface area contributed by atoms with Crippen LogP contribution in [0.4, 0.5) is 5.82 Å². The molecule has 1 aliphatic heterocycles. The van der Waals surface area contributed by atoms with Gasteiger partial charge in [0.15, 0.2) is 17.3 Å². The van der Waals surface area contributed by atoms with Crippen molar-refractivity contribution in [2.75, 3.05) is 19.0 Å². The van der Waals surface area contributed by atoms with E-state index < -0.39 is 0 Å². The van der Waals surface area contributed by atoms with Crippen LogP contribution in [0.5, 0.6) is 11.5 Å². The Balaban J connectivity index is 2.00. The smallest absolute Gasteiger partial charge is 0.226 e. The molecule has 0 saturated heterocycles. The fraction of sp³-hybridized carbons (Fsp3) is 0.294. The number of nitrogens with one attached hydrogen (secondary N) is 2. The predicted octanol–water partition coefficient (Wildman–Crippen LogP) is 2.77. The third-order valence-corrected chi connectivity index (χ3v) is 3.94. The van der Waals surface area contributed by atoms with Crippen molar-refractivity contribution in [1.29, 1.82) is 0 Å². The molecule has 0 bridgehead atoms. The number of H-pyrrole nitrogens is 1. The van der Waals surface area contributed by atoms with Crippen LogP contribution in [0, 0.1) is 6.92 Å². The Morgan fingerprint density at radius 1 is 1.43 bits per heavy atom. The number of anilines is 1. The Hall–Kier alpha value is -2.76. The lowest BCUT2D eigenvalue weighted by Gasteiger charge is -2.23. The molecule has 3 rings (SSSR count). The summed E-state index contributed by atoms with van der Waals surface area (Å²) in [6, 6.07) is 5.73. The van der Waals surface area contributed by atoms with Gasteiger partial charge in [-0.15, -0.1) is 0 Å². The van der Waals surface area contributed by atoms with Gasteiger partial charge in [-0.05, 0) is 24.6 Å². The van der Waals surface area contributed by atoms with Gasteiger partial charge in [-0.2, -0.15) is 5.10 Å². The van der Waals surface area contributed by atoms with Crippen LogP contribution in [0.2, 0.25) is 0 Å². The maximum atomic E-state index is 11.9. The summed E-state index contributed by atoms with van der Waals surface area (Å²) in [5, 5.41) is 9.89. The highest BCUT2D eigenvalue weighted by atomic mass is 16.5. The second kappa shape index (κ2) is 6.16. The number of aromatic nitrogens is 2. The van der Waals surface area contributed by atoms with E-state index in [-0.39, 0.29) is 11.8 Å². The van der Waals surface area contributed by atoms with Crippen LogP contribution < -0.4 is 14.8 Å². The van der Waals surface area contributed by atoms with Gasteiger partial charge in [-0.25, -0.2) is 0 Å². The van der Waals surface area contributed by atoms with Gasteiger partial charge in [0.1, 0.15) is 6.61 Å². The number of amides is 1. The third-order valence-electron chi connectivity index (χ3n) is 3.94. The first kappa shape index (κ1) is 15.1. The molecule has 0 spiro atoms. The van der Waals surface area contributed by atoms with Gasteiger partial charge in [0, 0.05) is 23.6 Å². The lowest BCUT2D eigenvalue weighted by Crippen LogP contribution is -2.23. The minimum absolute atomic E-state index is 0.0417. The van der Waals surface area contributed by atoms with Gasteiger partial charge in [0.25, 0.3) is 0 Å². The Kier molecular flexibility index (Phi) is 4.06. The first-order chi connectivity index (χ1) is 11.1. The second-order valence-corrected chi connectivity index (χ2v) is 5.43. The first-order valence-electron chi connectivity index (χ1n) is 7.40. The Morgan fingerprint density at radius 3 is 3.00 bits per heavy atom. The largest absolute Gasteiger partial charge is 0.493 e. The van der Waals surface area contributed by atoms with E-state index >= 15 is 0 Å². The Bertz CT molecular complexity index is 752. The highest BCUT2D eigenvalue weighted by Crippen LogP contribution is 2.40. The van der Waals surface area contributed by atoms with Crippen molar-refractivity contribution in [2.24, 2.45) is 0 Å². The quantitative estimate of drug-likeness (QED) is 0.832. The van der Waals surface area contributed by atoms with Crippen molar-refractivity contribution < 1.29 is 14.3 Å². The van der Waals surface area contributed by atoms with Gasteiger partial charge in [0.05, 0.1) is 7.11 Å². The minimum Gasteiger partial charge on any atom is -0.493 e. The summed E-state index contributed by atoms with van der Waals surface area (Å²) < 4.78 is 11.0. The molecule has 0 fully saturated rings. The predicted molar refractivity (Wildman–Crippen MR) is 87.1 cm³/mol. The van der Waals surface area contributed by atoms with Crippen LogP contribution in [0.3, 0.4) is 0 Å². The summed E-state index contributed by atoms with van der Waals surface area (Å²) in [5.41, 5.74) is 2.97. The van der Waals surface area contributed by atoms with Crippen molar-refractivity contribution in [3.63, 3.8) is 0 Å². The van der Waals surface area contributed by atoms with Gasteiger partial charge in [0.2, 0.25) is 5.91 Å². The molecule has 0 radical (unpaired) electrons. The number of nitrogens with zero attached hydrogens (tertiary/aromatic N) is 1. The fourth-order valence-corrected chi connectivity index (χ4v) is 2.88. The van der Waals surface area contributed by atoms with Crippen molar-refractivity contribution in [1.82, 2.24) is 10.2 Å². The standard InChI is InChI=1S/C17H19N3O3/c1-4-7-23-13-6-5-11(8-14(13)22-3)12-9-15(21)18-17-16(12)10(2)19-20-17/h4-6,8,12H,1,7,9H2,2-3H3,(H2,18,19,20,21)/t12-/m1/s1. The highest BCUT2D eigenvalue weighted by molar-refractivity contribution is 5.94.